The van der Waals surface area contributed by atoms with Crippen LogP contribution in [0.4, 0.5) is 0 Å². The zero-order chi connectivity index (χ0) is 22.5. The van der Waals surface area contributed by atoms with Crippen LogP contribution in [0.1, 0.15) is 41.1 Å². The number of rotatable bonds is 9. The van der Waals surface area contributed by atoms with Gasteiger partial charge in [-0.2, -0.15) is 0 Å². The van der Waals surface area contributed by atoms with E-state index in [2.05, 4.69) is 25.9 Å². The Hall–Kier alpha value is -3.19. The van der Waals surface area contributed by atoms with E-state index in [9.17, 15) is 9.59 Å². The zero-order valence-electron chi connectivity index (χ0n) is 17.8. The predicted molar refractivity (Wildman–Crippen MR) is 125 cm³/mol. The first-order valence-corrected chi connectivity index (χ1v) is 11.4. The SMILES string of the molecule is CCOC1=C(C(=O)c2ccccc2)C(c2ccc(Br)cc2)N(CCCc2ncc[nH]2)C1=O. The van der Waals surface area contributed by atoms with Crippen molar-refractivity contribution in [3.8, 4) is 0 Å². The second kappa shape index (κ2) is 9.96. The van der Waals surface area contributed by atoms with Crippen LogP contribution >= 0.6 is 15.9 Å². The van der Waals surface area contributed by atoms with Crippen LogP contribution in [-0.2, 0) is 16.0 Å². The number of halogens is 1. The summed E-state index contributed by atoms with van der Waals surface area (Å²) in [6.07, 6.45) is 4.91. The number of H-pyrrole nitrogens is 1. The van der Waals surface area contributed by atoms with E-state index in [4.69, 9.17) is 4.74 Å². The quantitative estimate of drug-likeness (QED) is 0.431. The number of aromatic amines is 1. The number of Topliss-reactive ketones (excluding diaryl/α,β-unsaturated/α-hetero) is 1. The Balaban J connectivity index is 1.72. The third-order valence-electron chi connectivity index (χ3n) is 5.41. The standard InChI is InChI=1S/C25H24BrN3O3/c1-2-32-24-21(23(30)18-7-4-3-5-8-18)22(17-10-12-19(26)13-11-17)29(25(24)31)16-6-9-20-27-14-15-28-20/h3-5,7-8,10-15,22H,2,6,9,16H2,1H3,(H,27,28). The lowest BCUT2D eigenvalue weighted by molar-refractivity contribution is -0.130. The summed E-state index contributed by atoms with van der Waals surface area (Å²) in [5, 5.41) is 0. The van der Waals surface area contributed by atoms with Gasteiger partial charge in [-0.25, -0.2) is 4.98 Å². The van der Waals surface area contributed by atoms with E-state index in [0.29, 0.717) is 37.1 Å². The van der Waals surface area contributed by atoms with Crippen LogP contribution in [0.3, 0.4) is 0 Å². The van der Waals surface area contributed by atoms with Gasteiger partial charge in [-0.3, -0.25) is 9.59 Å². The fraction of sp³-hybridized carbons (Fsp3) is 0.240. The molecule has 1 atom stereocenters. The Kier molecular flexibility index (Phi) is 6.85. The van der Waals surface area contributed by atoms with Crippen molar-refractivity contribution in [3.05, 3.63) is 99.7 Å². The maximum Gasteiger partial charge on any atom is 0.290 e. The topological polar surface area (TPSA) is 75.3 Å². The number of ketones is 1. The van der Waals surface area contributed by atoms with Crippen molar-refractivity contribution in [1.82, 2.24) is 14.9 Å². The van der Waals surface area contributed by atoms with Crippen molar-refractivity contribution in [3.63, 3.8) is 0 Å². The first-order chi connectivity index (χ1) is 15.6. The Labute approximate surface area is 195 Å². The molecule has 1 unspecified atom stereocenters. The Morgan fingerprint density at radius 1 is 1.16 bits per heavy atom. The van der Waals surface area contributed by atoms with Crippen molar-refractivity contribution in [2.45, 2.75) is 25.8 Å². The van der Waals surface area contributed by atoms with Gasteiger partial charge in [-0.15, -0.1) is 0 Å². The van der Waals surface area contributed by atoms with Crippen LogP contribution in [0.2, 0.25) is 0 Å². The molecule has 0 aliphatic carbocycles. The Bertz CT molecular complexity index is 1110. The molecule has 0 fully saturated rings. The molecule has 0 radical (unpaired) electrons. The molecule has 1 aliphatic heterocycles. The Morgan fingerprint density at radius 3 is 2.56 bits per heavy atom. The highest BCUT2D eigenvalue weighted by atomic mass is 79.9. The number of amides is 1. The number of nitrogens with one attached hydrogen (secondary N) is 1. The molecule has 2 aromatic carbocycles. The molecule has 0 spiro atoms. The van der Waals surface area contributed by atoms with Gasteiger partial charge in [-0.05, 0) is 31.0 Å². The summed E-state index contributed by atoms with van der Waals surface area (Å²) in [6, 6.07) is 16.2. The van der Waals surface area contributed by atoms with E-state index in [1.54, 1.807) is 29.4 Å². The number of benzene rings is 2. The van der Waals surface area contributed by atoms with Gasteiger partial charge in [0.25, 0.3) is 5.91 Å². The largest absolute Gasteiger partial charge is 0.488 e. The molecular weight excluding hydrogens is 470 g/mol. The number of ether oxygens (including phenoxy) is 1. The Morgan fingerprint density at radius 2 is 1.91 bits per heavy atom. The minimum absolute atomic E-state index is 0.146. The monoisotopic (exact) mass is 493 g/mol. The van der Waals surface area contributed by atoms with Gasteiger partial charge in [0.2, 0.25) is 0 Å². The highest BCUT2D eigenvalue weighted by Crippen LogP contribution is 2.40. The zero-order valence-corrected chi connectivity index (χ0v) is 19.3. The maximum atomic E-state index is 13.6. The second-order valence-corrected chi connectivity index (χ2v) is 8.38. The average molecular weight is 494 g/mol. The van der Waals surface area contributed by atoms with E-state index >= 15 is 0 Å². The molecule has 7 heteroatoms. The third-order valence-corrected chi connectivity index (χ3v) is 5.94. The van der Waals surface area contributed by atoms with Crippen molar-refractivity contribution in [2.24, 2.45) is 0 Å². The van der Waals surface area contributed by atoms with Gasteiger partial charge >= 0.3 is 0 Å². The normalized spacial score (nSPS) is 16.0. The predicted octanol–water partition coefficient (Wildman–Crippen LogP) is 4.86. The lowest BCUT2D eigenvalue weighted by Gasteiger charge is -2.27. The van der Waals surface area contributed by atoms with Gasteiger partial charge in [-0.1, -0.05) is 58.4 Å². The molecule has 1 aromatic heterocycles. The fourth-order valence-electron chi connectivity index (χ4n) is 3.97. The number of aromatic nitrogens is 2. The van der Waals surface area contributed by atoms with E-state index in [1.807, 2.05) is 49.4 Å². The number of carbonyl (C=O) groups excluding carboxylic acids is 2. The maximum absolute atomic E-state index is 13.6. The van der Waals surface area contributed by atoms with Gasteiger partial charge < -0.3 is 14.6 Å². The minimum Gasteiger partial charge on any atom is -0.488 e. The van der Waals surface area contributed by atoms with Crippen molar-refractivity contribution in [2.75, 3.05) is 13.2 Å². The van der Waals surface area contributed by atoms with Crippen molar-refractivity contribution in [1.29, 1.82) is 0 Å². The van der Waals surface area contributed by atoms with Crippen LogP contribution in [0.25, 0.3) is 0 Å². The number of carbonyl (C=O) groups is 2. The number of nitrogens with zero attached hydrogens (tertiary/aromatic N) is 2. The van der Waals surface area contributed by atoms with Crippen LogP contribution in [0.15, 0.2) is 82.8 Å². The molecule has 0 bridgehead atoms. The van der Waals surface area contributed by atoms with Crippen LogP contribution < -0.4 is 0 Å². The molecule has 0 saturated heterocycles. The summed E-state index contributed by atoms with van der Waals surface area (Å²) in [7, 11) is 0. The van der Waals surface area contributed by atoms with E-state index in [1.165, 1.54) is 0 Å². The summed E-state index contributed by atoms with van der Waals surface area (Å²) in [5.74, 6) is 0.574. The average Bonchev–Trinajstić information content (AvgIpc) is 3.42. The molecule has 3 aromatic rings. The van der Waals surface area contributed by atoms with Crippen LogP contribution in [0, 0.1) is 0 Å². The molecule has 4 rings (SSSR count). The van der Waals surface area contributed by atoms with Crippen molar-refractivity contribution < 1.29 is 14.3 Å². The second-order valence-electron chi connectivity index (χ2n) is 7.46. The number of imidazole rings is 1. The van der Waals surface area contributed by atoms with Gasteiger partial charge in [0.05, 0.1) is 18.2 Å². The van der Waals surface area contributed by atoms with Crippen molar-refractivity contribution >= 4 is 27.6 Å². The first kappa shape index (κ1) is 22.0. The molecule has 2 heterocycles. The molecule has 0 saturated carbocycles. The third kappa shape index (κ3) is 4.53. The molecule has 1 N–H and O–H groups in total. The smallest absolute Gasteiger partial charge is 0.290 e. The highest BCUT2D eigenvalue weighted by molar-refractivity contribution is 9.10. The minimum atomic E-state index is -0.513. The molecule has 6 nitrogen and oxygen atoms in total. The molecule has 1 amide bonds. The molecular formula is C25H24BrN3O3. The van der Waals surface area contributed by atoms with Gasteiger partial charge in [0.1, 0.15) is 5.82 Å². The first-order valence-electron chi connectivity index (χ1n) is 10.6. The van der Waals surface area contributed by atoms with E-state index < -0.39 is 6.04 Å². The summed E-state index contributed by atoms with van der Waals surface area (Å²) >= 11 is 3.47. The number of hydrogen-bond acceptors (Lipinski definition) is 4. The molecule has 32 heavy (non-hydrogen) atoms. The lowest BCUT2D eigenvalue weighted by Crippen LogP contribution is -2.32. The fourth-order valence-corrected chi connectivity index (χ4v) is 4.24. The highest BCUT2D eigenvalue weighted by Gasteiger charge is 2.44. The number of aryl methyl sites for hydroxylation is 1. The number of hydrogen-bond donors (Lipinski definition) is 1. The lowest BCUT2D eigenvalue weighted by atomic mass is 9.92. The van der Waals surface area contributed by atoms with Gasteiger partial charge in [0, 0.05) is 35.4 Å². The summed E-state index contributed by atoms with van der Waals surface area (Å²) < 4.78 is 6.70. The summed E-state index contributed by atoms with van der Waals surface area (Å²) in [6.45, 7) is 2.60. The van der Waals surface area contributed by atoms with Crippen LogP contribution in [0.5, 0.6) is 0 Å². The van der Waals surface area contributed by atoms with Crippen LogP contribution in [-0.4, -0.2) is 39.7 Å². The molecule has 164 valence electrons. The summed E-state index contributed by atoms with van der Waals surface area (Å²) in [4.78, 5) is 36.1. The van der Waals surface area contributed by atoms with E-state index in [-0.39, 0.29) is 17.4 Å². The van der Waals surface area contributed by atoms with Gasteiger partial charge in [0.15, 0.2) is 11.5 Å². The molecule has 1 aliphatic rings. The van der Waals surface area contributed by atoms with E-state index in [0.717, 1.165) is 15.9 Å². The summed E-state index contributed by atoms with van der Waals surface area (Å²) in [5.41, 5.74) is 1.80.